The van der Waals surface area contributed by atoms with Crippen LogP contribution in [0.5, 0.6) is 5.75 Å². The number of carbonyl (C=O) groups excluding carboxylic acids is 1. The normalized spacial score (nSPS) is 13.9. The molecule has 166 valence electrons. The minimum absolute atomic E-state index is 0.175. The fourth-order valence-electron chi connectivity index (χ4n) is 3.69. The van der Waals surface area contributed by atoms with Gasteiger partial charge >= 0.3 is 5.97 Å². The lowest BCUT2D eigenvalue weighted by Gasteiger charge is -2.16. The van der Waals surface area contributed by atoms with Gasteiger partial charge in [-0.3, -0.25) is 9.36 Å². The summed E-state index contributed by atoms with van der Waals surface area (Å²) in [6, 6.07) is 6.66. The first-order valence-corrected chi connectivity index (χ1v) is 11.7. The van der Waals surface area contributed by atoms with Gasteiger partial charge in [0.25, 0.3) is 5.56 Å². The van der Waals surface area contributed by atoms with Crippen molar-refractivity contribution in [2.24, 2.45) is 0 Å². The first-order valence-electron chi connectivity index (χ1n) is 10.1. The average Bonchev–Trinajstić information content (AvgIpc) is 3.14. The summed E-state index contributed by atoms with van der Waals surface area (Å²) in [7, 11) is 0. The molecule has 0 spiro atoms. The van der Waals surface area contributed by atoms with Gasteiger partial charge in [-0.2, -0.15) is 5.26 Å². The highest BCUT2D eigenvalue weighted by atomic mass is 35.5. The predicted molar refractivity (Wildman–Crippen MR) is 122 cm³/mol. The van der Waals surface area contributed by atoms with Crippen molar-refractivity contribution >= 4 is 50.7 Å². The Balaban J connectivity index is 1.55. The van der Waals surface area contributed by atoms with E-state index < -0.39 is 12.1 Å². The van der Waals surface area contributed by atoms with Crippen molar-refractivity contribution < 1.29 is 14.3 Å². The summed E-state index contributed by atoms with van der Waals surface area (Å²) in [4.78, 5) is 32.0. The Morgan fingerprint density at radius 1 is 1.34 bits per heavy atom. The maximum absolute atomic E-state index is 13.1. The molecule has 0 bridgehead atoms. The van der Waals surface area contributed by atoms with E-state index in [2.05, 4.69) is 4.98 Å². The number of thiophene rings is 1. The maximum atomic E-state index is 13.1. The molecule has 3 aromatic rings. The monoisotopic (exact) mass is 491 g/mol. The summed E-state index contributed by atoms with van der Waals surface area (Å²) in [5.41, 5.74) is 0.782. The number of nitrogens with zero attached hydrogens (tertiary/aromatic N) is 3. The molecule has 7 nitrogen and oxygen atoms in total. The van der Waals surface area contributed by atoms with Gasteiger partial charge in [-0.15, -0.1) is 11.3 Å². The zero-order valence-electron chi connectivity index (χ0n) is 17.2. The largest absolute Gasteiger partial charge is 0.477 e. The van der Waals surface area contributed by atoms with E-state index in [4.69, 9.17) is 32.7 Å². The summed E-state index contributed by atoms with van der Waals surface area (Å²) in [6.45, 7) is 1.10. The molecule has 0 aliphatic heterocycles. The summed E-state index contributed by atoms with van der Waals surface area (Å²) in [5, 5.41) is 10.5. The van der Waals surface area contributed by atoms with E-state index in [0.717, 1.165) is 31.2 Å². The van der Waals surface area contributed by atoms with Gasteiger partial charge in [0.05, 0.1) is 16.5 Å². The number of rotatable bonds is 6. The third-order valence-corrected chi connectivity index (χ3v) is 6.97. The number of fused-ring (bicyclic) bond motifs is 3. The zero-order chi connectivity index (χ0) is 22.8. The topological polar surface area (TPSA) is 94.2 Å². The molecule has 0 fully saturated rings. The van der Waals surface area contributed by atoms with Gasteiger partial charge in [0.2, 0.25) is 0 Å². The summed E-state index contributed by atoms with van der Waals surface area (Å²) < 4.78 is 12.2. The van der Waals surface area contributed by atoms with Crippen LogP contribution in [0.15, 0.2) is 23.0 Å². The van der Waals surface area contributed by atoms with Crippen molar-refractivity contribution in [1.29, 1.82) is 5.26 Å². The molecule has 0 unspecified atom stereocenters. The Labute approximate surface area is 198 Å². The quantitative estimate of drug-likeness (QED) is 0.464. The van der Waals surface area contributed by atoms with Gasteiger partial charge in [-0.05, 0) is 56.4 Å². The molecule has 1 aliphatic carbocycles. The first kappa shape index (κ1) is 22.6. The van der Waals surface area contributed by atoms with Crippen molar-refractivity contribution in [3.8, 4) is 11.8 Å². The Morgan fingerprint density at radius 3 is 2.88 bits per heavy atom. The second-order valence-corrected chi connectivity index (χ2v) is 9.34. The molecule has 0 saturated heterocycles. The summed E-state index contributed by atoms with van der Waals surface area (Å²) >= 11 is 13.5. The molecule has 10 heteroatoms. The number of hydrogen-bond donors (Lipinski definition) is 0. The van der Waals surface area contributed by atoms with E-state index in [1.54, 1.807) is 12.1 Å². The Bertz CT molecular complexity index is 1300. The van der Waals surface area contributed by atoms with E-state index in [-0.39, 0.29) is 29.6 Å². The molecule has 0 amide bonds. The van der Waals surface area contributed by atoms with Gasteiger partial charge in [-0.1, -0.05) is 23.2 Å². The Kier molecular flexibility index (Phi) is 6.70. The molecule has 1 atom stereocenters. The van der Waals surface area contributed by atoms with Gasteiger partial charge in [0, 0.05) is 9.90 Å². The molecular formula is C22H19Cl2N3O4S. The third kappa shape index (κ3) is 4.46. The SMILES string of the molecule is C[C@@H](Oc1ccc(Cl)cc1Cl)C(=O)OCc1nc2sc3c(c2c(=O)n1CC#N)CCCC3. The lowest BCUT2D eigenvalue weighted by molar-refractivity contribution is -0.152. The van der Waals surface area contributed by atoms with Crippen LogP contribution in [0.3, 0.4) is 0 Å². The predicted octanol–water partition coefficient (Wildman–Crippen LogP) is 4.68. The van der Waals surface area contributed by atoms with Crippen LogP contribution in [0, 0.1) is 11.3 Å². The lowest BCUT2D eigenvalue weighted by atomic mass is 9.97. The van der Waals surface area contributed by atoms with Crippen molar-refractivity contribution in [2.75, 3.05) is 0 Å². The molecule has 1 aromatic carbocycles. The van der Waals surface area contributed by atoms with Gasteiger partial charge in [0.15, 0.2) is 11.9 Å². The van der Waals surface area contributed by atoms with E-state index in [0.29, 0.717) is 21.0 Å². The molecule has 32 heavy (non-hydrogen) atoms. The number of aromatic nitrogens is 2. The standard InChI is InChI=1S/C22H19Cl2N3O4S/c1-12(31-16-7-6-13(23)10-15(16)24)22(29)30-11-18-26-20-19(21(28)27(18)9-8-25)14-4-2-3-5-17(14)32-20/h6-7,10,12H,2-5,9,11H2,1H3/t12-/m1/s1. The van der Waals surface area contributed by atoms with Crippen molar-refractivity contribution in [1.82, 2.24) is 9.55 Å². The molecule has 0 N–H and O–H groups in total. The first-order chi connectivity index (χ1) is 15.4. The van der Waals surface area contributed by atoms with Crippen LogP contribution in [0.4, 0.5) is 0 Å². The molecular weight excluding hydrogens is 473 g/mol. The minimum atomic E-state index is -0.956. The van der Waals surface area contributed by atoms with Crippen molar-refractivity contribution in [3.63, 3.8) is 0 Å². The summed E-state index contributed by atoms with van der Waals surface area (Å²) in [6.07, 6.45) is 2.94. The summed E-state index contributed by atoms with van der Waals surface area (Å²) in [5.74, 6) is -0.127. The average molecular weight is 492 g/mol. The molecule has 0 saturated carbocycles. The molecule has 2 aromatic heterocycles. The molecule has 4 rings (SSSR count). The van der Waals surface area contributed by atoms with E-state index in [1.165, 1.54) is 33.8 Å². The molecule has 0 radical (unpaired) electrons. The van der Waals surface area contributed by atoms with Crippen molar-refractivity contribution in [3.05, 3.63) is 54.9 Å². The Morgan fingerprint density at radius 2 is 2.12 bits per heavy atom. The number of hydrogen-bond acceptors (Lipinski definition) is 7. The van der Waals surface area contributed by atoms with Crippen LogP contribution < -0.4 is 10.3 Å². The number of benzene rings is 1. The second-order valence-electron chi connectivity index (χ2n) is 7.41. The fourth-order valence-corrected chi connectivity index (χ4v) is 5.41. The number of ether oxygens (including phenoxy) is 2. The minimum Gasteiger partial charge on any atom is -0.477 e. The van der Waals surface area contributed by atoms with Crippen molar-refractivity contribution in [2.45, 2.75) is 51.9 Å². The third-order valence-electron chi connectivity index (χ3n) is 5.26. The van der Waals surface area contributed by atoms with E-state index in [9.17, 15) is 14.9 Å². The van der Waals surface area contributed by atoms with Crippen LogP contribution >= 0.6 is 34.5 Å². The fraction of sp³-hybridized carbons (Fsp3) is 0.364. The highest BCUT2D eigenvalue weighted by Crippen LogP contribution is 2.34. The smallest absolute Gasteiger partial charge is 0.347 e. The van der Waals surface area contributed by atoms with E-state index in [1.807, 2.05) is 6.07 Å². The number of halogens is 2. The Hall–Kier alpha value is -2.60. The number of carbonyl (C=O) groups is 1. The number of esters is 1. The lowest BCUT2D eigenvalue weighted by Crippen LogP contribution is -2.29. The number of aryl methyl sites for hydroxylation is 2. The molecule has 2 heterocycles. The van der Waals surface area contributed by atoms with E-state index >= 15 is 0 Å². The van der Waals surface area contributed by atoms with Crippen LogP contribution in [0.25, 0.3) is 10.2 Å². The highest BCUT2D eigenvalue weighted by molar-refractivity contribution is 7.18. The molecule has 1 aliphatic rings. The van der Waals surface area contributed by atoms with Crippen LogP contribution in [-0.4, -0.2) is 21.6 Å². The van der Waals surface area contributed by atoms with Crippen LogP contribution in [-0.2, 0) is 35.5 Å². The van der Waals surface area contributed by atoms with Gasteiger partial charge < -0.3 is 9.47 Å². The van der Waals surface area contributed by atoms with Crippen LogP contribution in [0.2, 0.25) is 10.0 Å². The highest BCUT2D eigenvalue weighted by Gasteiger charge is 2.23. The zero-order valence-corrected chi connectivity index (χ0v) is 19.5. The van der Waals surface area contributed by atoms with Gasteiger partial charge in [0.1, 0.15) is 23.7 Å². The second kappa shape index (κ2) is 9.49. The van der Waals surface area contributed by atoms with Crippen LogP contribution in [0.1, 0.15) is 36.0 Å². The van der Waals surface area contributed by atoms with Gasteiger partial charge in [-0.25, -0.2) is 9.78 Å². The maximum Gasteiger partial charge on any atom is 0.347 e. The number of nitriles is 1.